The van der Waals surface area contributed by atoms with Crippen LogP contribution in [-0.2, 0) is 0 Å². The number of hydrogen-bond donors (Lipinski definition) is 2. The van der Waals surface area contributed by atoms with E-state index < -0.39 is 0 Å². The smallest absolute Gasteiger partial charge is 0.252 e. The monoisotopic (exact) mass is 236 g/mol. The van der Waals surface area contributed by atoms with Crippen molar-refractivity contribution in [1.82, 2.24) is 14.9 Å². The molecule has 17 heavy (non-hydrogen) atoms. The Morgan fingerprint density at radius 2 is 2.35 bits per heavy atom. The highest BCUT2D eigenvalue weighted by Crippen LogP contribution is 2.18. The van der Waals surface area contributed by atoms with Gasteiger partial charge in [-0.25, -0.2) is 4.98 Å². The number of anilines is 1. The third-order valence-corrected chi connectivity index (χ3v) is 3.42. The summed E-state index contributed by atoms with van der Waals surface area (Å²) in [5.74, 6) is 1.34. The Kier molecular flexibility index (Phi) is 3.47. The molecule has 1 saturated heterocycles. The third-order valence-electron chi connectivity index (χ3n) is 3.42. The minimum atomic E-state index is -0.0963. The molecule has 0 spiro atoms. The topological polar surface area (TPSA) is 61.0 Å². The summed E-state index contributed by atoms with van der Waals surface area (Å²) < 4.78 is 0. The minimum Gasteiger partial charge on any atom is -0.367 e. The Morgan fingerprint density at radius 1 is 1.59 bits per heavy atom. The van der Waals surface area contributed by atoms with Gasteiger partial charge in [-0.2, -0.15) is 0 Å². The molecule has 94 valence electrons. The highest BCUT2D eigenvalue weighted by molar-refractivity contribution is 5.34. The van der Waals surface area contributed by atoms with Crippen LogP contribution in [0.2, 0.25) is 0 Å². The highest BCUT2D eigenvalue weighted by atomic mass is 16.1. The lowest BCUT2D eigenvalue weighted by molar-refractivity contribution is 0.190. The zero-order valence-corrected chi connectivity index (χ0v) is 10.7. The maximum Gasteiger partial charge on any atom is 0.252 e. The number of likely N-dealkylation sites (tertiary alicyclic amines) is 1. The normalized spacial score (nSPS) is 25.8. The predicted octanol–water partition coefficient (Wildman–Crippen LogP) is 0.973. The van der Waals surface area contributed by atoms with Crippen molar-refractivity contribution in [1.29, 1.82) is 0 Å². The van der Waals surface area contributed by atoms with E-state index in [4.69, 9.17) is 0 Å². The molecule has 1 aliphatic heterocycles. The molecule has 0 bridgehead atoms. The summed E-state index contributed by atoms with van der Waals surface area (Å²) in [4.78, 5) is 20.6. The van der Waals surface area contributed by atoms with Crippen LogP contribution in [0.3, 0.4) is 0 Å². The first-order valence-electron chi connectivity index (χ1n) is 6.09. The molecule has 0 aliphatic carbocycles. The fraction of sp³-hybridized carbons (Fsp3) is 0.667. The molecule has 2 rings (SSSR count). The Labute approximate surface area is 101 Å². The van der Waals surface area contributed by atoms with Gasteiger partial charge >= 0.3 is 0 Å². The molecule has 2 atom stereocenters. The second kappa shape index (κ2) is 4.87. The van der Waals surface area contributed by atoms with E-state index in [-0.39, 0.29) is 5.56 Å². The molecule has 1 fully saturated rings. The Hall–Kier alpha value is -1.36. The van der Waals surface area contributed by atoms with E-state index in [1.807, 2.05) is 0 Å². The molecule has 2 unspecified atom stereocenters. The van der Waals surface area contributed by atoms with Gasteiger partial charge in [-0.3, -0.25) is 4.79 Å². The molecule has 1 aromatic rings. The van der Waals surface area contributed by atoms with Crippen LogP contribution >= 0.6 is 0 Å². The molecule has 0 saturated carbocycles. The van der Waals surface area contributed by atoms with Crippen molar-refractivity contribution in [3.63, 3.8) is 0 Å². The fourth-order valence-electron chi connectivity index (χ4n) is 2.28. The van der Waals surface area contributed by atoms with E-state index in [1.165, 1.54) is 6.07 Å². The summed E-state index contributed by atoms with van der Waals surface area (Å²) in [6, 6.07) is 2.51. The maximum atomic E-state index is 11.3. The van der Waals surface area contributed by atoms with E-state index >= 15 is 0 Å². The van der Waals surface area contributed by atoms with Gasteiger partial charge in [0.25, 0.3) is 5.56 Å². The van der Waals surface area contributed by atoms with E-state index in [0.717, 1.165) is 19.4 Å². The number of aromatic amines is 1. The molecule has 2 N–H and O–H groups in total. The third kappa shape index (κ3) is 3.06. The number of hydrogen-bond acceptors (Lipinski definition) is 4. The van der Waals surface area contributed by atoms with Crippen molar-refractivity contribution in [2.75, 3.05) is 18.9 Å². The van der Waals surface area contributed by atoms with Gasteiger partial charge in [0.2, 0.25) is 0 Å². The lowest BCUT2D eigenvalue weighted by Crippen LogP contribution is -2.42. The average Bonchev–Trinajstić information content (AvgIpc) is 2.22. The molecule has 5 nitrogen and oxygen atoms in total. The molecule has 0 radical (unpaired) electrons. The Bertz CT molecular complexity index is 442. The van der Waals surface area contributed by atoms with E-state index in [9.17, 15) is 4.79 Å². The second-order valence-corrected chi connectivity index (χ2v) is 4.91. The van der Waals surface area contributed by atoms with Crippen molar-refractivity contribution in [2.45, 2.75) is 38.8 Å². The van der Waals surface area contributed by atoms with Crippen LogP contribution in [0.25, 0.3) is 0 Å². The number of aromatic nitrogens is 2. The minimum absolute atomic E-state index is 0.0963. The van der Waals surface area contributed by atoms with E-state index in [1.54, 1.807) is 6.92 Å². The zero-order valence-electron chi connectivity index (χ0n) is 10.7. The standard InChI is InChI=1S/C12H20N4O/c1-8-6-10(4-5-16(8)3)15-11-7-12(17)14-9(2)13-11/h7-8,10H,4-6H2,1-3H3,(H2,13,14,15,17). The first-order chi connectivity index (χ1) is 8.04. The van der Waals surface area contributed by atoms with Crippen molar-refractivity contribution in [2.24, 2.45) is 0 Å². The lowest BCUT2D eigenvalue weighted by Gasteiger charge is -2.35. The number of aryl methyl sites for hydroxylation is 1. The summed E-state index contributed by atoms with van der Waals surface area (Å²) in [7, 11) is 2.15. The van der Waals surface area contributed by atoms with Crippen LogP contribution in [0.5, 0.6) is 0 Å². The first-order valence-corrected chi connectivity index (χ1v) is 6.09. The van der Waals surface area contributed by atoms with E-state index in [2.05, 4.69) is 34.2 Å². The van der Waals surface area contributed by atoms with Crippen LogP contribution in [0, 0.1) is 6.92 Å². The molecular formula is C12H20N4O. The van der Waals surface area contributed by atoms with E-state index in [0.29, 0.717) is 23.7 Å². The average molecular weight is 236 g/mol. The molecule has 0 aromatic carbocycles. The number of nitrogens with one attached hydrogen (secondary N) is 2. The molecule has 2 heterocycles. The molecule has 0 amide bonds. The van der Waals surface area contributed by atoms with Gasteiger partial charge in [-0.05, 0) is 33.7 Å². The summed E-state index contributed by atoms with van der Waals surface area (Å²) in [6.45, 7) is 5.11. The fourth-order valence-corrected chi connectivity index (χ4v) is 2.28. The van der Waals surface area contributed by atoms with Gasteiger partial charge < -0.3 is 15.2 Å². The van der Waals surface area contributed by atoms with Crippen LogP contribution in [0.4, 0.5) is 5.82 Å². The van der Waals surface area contributed by atoms with Gasteiger partial charge in [0, 0.05) is 24.7 Å². The largest absolute Gasteiger partial charge is 0.367 e. The van der Waals surface area contributed by atoms with Crippen LogP contribution < -0.4 is 10.9 Å². The van der Waals surface area contributed by atoms with Crippen molar-refractivity contribution < 1.29 is 0 Å². The highest BCUT2D eigenvalue weighted by Gasteiger charge is 2.22. The molecule has 5 heteroatoms. The Balaban J connectivity index is 2.03. The number of H-pyrrole nitrogens is 1. The van der Waals surface area contributed by atoms with Gasteiger partial charge in [0.1, 0.15) is 11.6 Å². The SMILES string of the molecule is Cc1nc(NC2CCN(C)C(C)C2)cc(=O)[nH]1. The summed E-state index contributed by atoms with van der Waals surface area (Å²) in [5, 5.41) is 3.36. The van der Waals surface area contributed by atoms with Crippen molar-refractivity contribution in [3.05, 3.63) is 22.2 Å². The summed E-state index contributed by atoms with van der Waals surface area (Å²) in [5.41, 5.74) is -0.0963. The zero-order chi connectivity index (χ0) is 12.4. The van der Waals surface area contributed by atoms with Crippen molar-refractivity contribution in [3.8, 4) is 0 Å². The van der Waals surface area contributed by atoms with Crippen LogP contribution in [-0.4, -0.2) is 40.5 Å². The molecule has 1 aromatic heterocycles. The first kappa shape index (κ1) is 12.1. The molecular weight excluding hydrogens is 216 g/mol. The summed E-state index contributed by atoms with van der Waals surface area (Å²) in [6.07, 6.45) is 2.18. The molecule has 1 aliphatic rings. The second-order valence-electron chi connectivity index (χ2n) is 4.91. The number of nitrogens with zero attached hydrogens (tertiary/aromatic N) is 2. The summed E-state index contributed by atoms with van der Waals surface area (Å²) >= 11 is 0. The van der Waals surface area contributed by atoms with Crippen LogP contribution in [0.15, 0.2) is 10.9 Å². The maximum absolute atomic E-state index is 11.3. The van der Waals surface area contributed by atoms with Crippen molar-refractivity contribution >= 4 is 5.82 Å². The van der Waals surface area contributed by atoms with Gasteiger partial charge in [0.15, 0.2) is 0 Å². The lowest BCUT2D eigenvalue weighted by atomic mass is 9.99. The Morgan fingerprint density at radius 3 is 3.00 bits per heavy atom. The predicted molar refractivity (Wildman–Crippen MR) is 68.3 cm³/mol. The van der Waals surface area contributed by atoms with Gasteiger partial charge in [-0.15, -0.1) is 0 Å². The van der Waals surface area contributed by atoms with Crippen LogP contribution in [0.1, 0.15) is 25.6 Å². The number of rotatable bonds is 2. The quantitative estimate of drug-likeness (QED) is 0.803. The number of piperidine rings is 1. The van der Waals surface area contributed by atoms with Gasteiger partial charge in [-0.1, -0.05) is 0 Å². The van der Waals surface area contributed by atoms with Gasteiger partial charge in [0.05, 0.1) is 0 Å².